The number of hydrogen-bond acceptors (Lipinski definition) is 4. The minimum atomic E-state index is 0.755. The predicted molar refractivity (Wildman–Crippen MR) is 64.4 cm³/mol. The second kappa shape index (κ2) is 5.14. The Morgan fingerprint density at radius 3 is 2.82 bits per heavy atom. The summed E-state index contributed by atoms with van der Waals surface area (Å²) in [7, 11) is 0. The quantitative estimate of drug-likeness (QED) is 0.857. The number of nitrogens with zero attached hydrogens (tertiary/aromatic N) is 3. The largest absolute Gasteiger partial charge is 0.361 e. The maximum atomic E-state index is 5.12. The van der Waals surface area contributed by atoms with E-state index in [-0.39, 0.29) is 0 Å². The molecular weight excluding hydrogens is 216 g/mol. The van der Waals surface area contributed by atoms with E-state index < -0.39 is 0 Å². The molecule has 0 atom stereocenters. The Morgan fingerprint density at radius 2 is 2.18 bits per heavy atom. The lowest BCUT2D eigenvalue weighted by molar-refractivity contribution is 0.391. The normalized spacial score (nSPS) is 11.0. The van der Waals surface area contributed by atoms with Crippen LogP contribution < -0.4 is 5.32 Å². The van der Waals surface area contributed by atoms with Crippen LogP contribution in [0.5, 0.6) is 0 Å². The highest BCUT2D eigenvalue weighted by atomic mass is 16.5. The summed E-state index contributed by atoms with van der Waals surface area (Å²) in [4.78, 5) is 4.31. The van der Waals surface area contributed by atoms with E-state index in [0.717, 1.165) is 42.5 Å². The number of aryl methyl sites for hydroxylation is 3. The average molecular weight is 234 g/mol. The molecular formula is C12H18N4O. The summed E-state index contributed by atoms with van der Waals surface area (Å²) >= 11 is 0. The van der Waals surface area contributed by atoms with Gasteiger partial charge in [0, 0.05) is 31.0 Å². The first-order valence-corrected chi connectivity index (χ1v) is 5.84. The van der Waals surface area contributed by atoms with Crippen LogP contribution in [-0.4, -0.2) is 14.7 Å². The van der Waals surface area contributed by atoms with Gasteiger partial charge < -0.3 is 14.4 Å². The fourth-order valence-electron chi connectivity index (χ4n) is 1.85. The fraction of sp³-hybridized carbons (Fsp3) is 0.500. The lowest BCUT2D eigenvalue weighted by Crippen LogP contribution is -2.17. The van der Waals surface area contributed by atoms with Gasteiger partial charge in [-0.3, -0.25) is 0 Å². The molecule has 17 heavy (non-hydrogen) atoms. The van der Waals surface area contributed by atoms with E-state index in [1.807, 2.05) is 26.2 Å². The standard InChI is InChI=1S/C12H18N4O/c1-4-16-6-5-14-12(16)8-13-7-11-9(2)15-17-10(11)3/h5-6,13H,4,7-8H2,1-3H3. The summed E-state index contributed by atoms with van der Waals surface area (Å²) in [5.74, 6) is 1.94. The summed E-state index contributed by atoms with van der Waals surface area (Å²) in [5, 5.41) is 7.29. The van der Waals surface area contributed by atoms with Crippen molar-refractivity contribution in [1.82, 2.24) is 20.0 Å². The summed E-state index contributed by atoms with van der Waals surface area (Å²) in [6.45, 7) is 8.47. The van der Waals surface area contributed by atoms with E-state index >= 15 is 0 Å². The van der Waals surface area contributed by atoms with Crippen molar-refractivity contribution < 1.29 is 4.52 Å². The zero-order valence-electron chi connectivity index (χ0n) is 10.5. The van der Waals surface area contributed by atoms with Crippen molar-refractivity contribution in [3.63, 3.8) is 0 Å². The first-order valence-electron chi connectivity index (χ1n) is 5.84. The van der Waals surface area contributed by atoms with Crippen molar-refractivity contribution in [2.75, 3.05) is 0 Å². The molecule has 2 rings (SSSR count). The molecule has 0 amide bonds. The van der Waals surface area contributed by atoms with Gasteiger partial charge in [0.2, 0.25) is 0 Å². The van der Waals surface area contributed by atoms with Crippen molar-refractivity contribution >= 4 is 0 Å². The van der Waals surface area contributed by atoms with E-state index in [4.69, 9.17) is 4.52 Å². The van der Waals surface area contributed by atoms with E-state index in [1.54, 1.807) is 0 Å². The van der Waals surface area contributed by atoms with Gasteiger partial charge in [0.25, 0.3) is 0 Å². The number of imidazole rings is 1. The van der Waals surface area contributed by atoms with Crippen molar-refractivity contribution in [2.45, 2.75) is 40.4 Å². The molecule has 5 heteroatoms. The third kappa shape index (κ3) is 2.55. The first-order chi connectivity index (χ1) is 8.22. The van der Waals surface area contributed by atoms with Crippen LogP contribution in [0, 0.1) is 13.8 Å². The number of aromatic nitrogens is 3. The second-order valence-electron chi connectivity index (χ2n) is 4.04. The summed E-state index contributed by atoms with van der Waals surface area (Å²) < 4.78 is 7.24. The predicted octanol–water partition coefficient (Wildman–Crippen LogP) is 1.80. The molecule has 5 nitrogen and oxygen atoms in total. The Morgan fingerprint density at radius 1 is 1.35 bits per heavy atom. The molecule has 0 fully saturated rings. The molecule has 2 aromatic rings. The van der Waals surface area contributed by atoms with Gasteiger partial charge in [0.15, 0.2) is 0 Å². The fourth-order valence-corrected chi connectivity index (χ4v) is 1.85. The molecule has 0 saturated carbocycles. The molecule has 2 aromatic heterocycles. The second-order valence-corrected chi connectivity index (χ2v) is 4.04. The molecule has 0 radical (unpaired) electrons. The highest BCUT2D eigenvalue weighted by molar-refractivity contribution is 5.20. The van der Waals surface area contributed by atoms with Gasteiger partial charge >= 0.3 is 0 Å². The molecule has 0 aliphatic rings. The van der Waals surface area contributed by atoms with Gasteiger partial charge in [-0.1, -0.05) is 5.16 Å². The lowest BCUT2D eigenvalue weighted by atomic mass is 10.2. The molecule has 0 aliphatic carbocycles. The summed E-state index contributed by atoms with van der Waals surface area (Å²) in [6.07, 6.45) is 3.82. The Bertz CT molecular complexity index is 467. The third-order valence-corrected chi connectivity index (χ3v) is 2.91. The van der Waals surface area contributed by atoms with Crippen molar-refractivity contribution in [2.24, 2.45) is 0 Å². The topological polar surface area (TPSA) is 55.9 Å². The molecule has 1 N–H and O–H groups in total. The Labute approximate surface area is 101 Å². The number of rotatable bonds is 5. The van der Waals surface area contributed by atoms with E-state index in [1.165, 1.54) is 0 Å². The molecule has 0 bridgehead atoms. The smallest absolute Gasteiger partial charge is 0.138 e. The van der Waals surface area contributed by atoms with E-state index in [0.29, 0.717) is 0 Å². The highest BCUT2D eigenvalue weighted by Gasteiger charge is 2.08. The first kappa shape index (κ1) is 11.9. The van der Waals surface area contributed by atoms with Gasteiger partial charge in [-0.25, -0.2) is 4.98 Å². The van der Waals surface area contributed by atoms with E-state index in [9.17, 15) is 0 Å². The Balaban J connectivity index is 1.92. The maximum Gasteiger partial charge on any atom is 0.138 e. The number of nitrogens with one attached hydrogen (secondary N) is 1. The SMILES string of the molecule is CCn1ccnc1CNCc1c(C)noc1C. The molecule has 0 saturated heterocycles. The minimum Gasteiger partial charge on any atom is -0.361 e. The molecule has 0 spiro atoms. The maximum absolute atomic E-state index is 5.12. The van der Waals surface area contributed by atoms with Crippen molar-refractivity contribution in [3.05, 3.63) is 35.2 Å². The Hall–Kier alpha value is -1.62. The third-order valence-electron chi connectivity index (χ3n) is 2.91. The zero-order chi connectivity index (χ0) is 12.3. The molecule has 2 heterocycles. The van der Waals surface area contributed by atoms with Crippen molar-refractivity contribution in [1.29, 1.82) is 0 Å². The zero-order valence-corrected chi connectivity index (χ0v) is 10.5. The van der Waals surface area contributed by atoms with Crippen LogP contribution in [0.1, 0.15) is 29.8 Å². The van der Waals surface area contributed by atoms with Crippen LogP contribution in [0.25, 0.3) is 0 Å². The van der Waals surface area contributed by atoms with Crippen LogP contribution in [0.2, 0.25) is 0 Å². The van der Waals surface area contributed by atoms with Crippen LogP contribution in [0.15, 0.2) is 16.9 Å². The van der Waals surface area contributed by atoms with Gasteiger partial charge in [-0.2, -0.15) is 0 Å². The van der Waals surface area contributed by atoms with E-state index in [2.05, 4.69) is 26.9 Å². The molecule has 0 unspecified atom stereocenters. The molecule has 0 aliphatic heterocycles. The highest BCUT2D eigenvalue weighted by Crippen LogP contribution is 2.11. The van der Waals surface area contributed by atoms with Gasteiger partial charge in [0.05, 0.1) is 12.2 Å². The van der Waals surface area contributed by atoms with Gasteiger partial charge in [-0.05, 0) is 20.8 Å². The van der Waals surface area contributed by atoms with Crippen LogP contribution in [0.4, 0.5) is 0 Å². The minimum absolute atomic E-state index is 0.755. The van der Waals surface area contributed by atoms with Gasteiger partial charge in [0.1, 0.15) is 11.6 Å². The summed E-state index contributed by atoms with van der Waals surface area (Å²) in [5.41, 5.74) is 2.09. The van der Waals surface area contributed by atoms with Crippen LogP contribution in [-0.2, 0) is 19.6 Å². The van der Waals surface area contributed by atoms with Crippen LogP contribution in [0.3, 0.4) is 0 Å². The van der Waals surface area contributed by atoms with Crippen molar-refractivity contribution in [3.8, 4) is 0 Å². The van der Waals surface area contributed by atoms with Gasteiger partial charge in [-0.15, -0.1) is 0 Å². The van der Waals surface area contributed by atoms with Crippen LogP contribution >= 0.6 is 0 Å². The summed E-state index contributed by atoms with van der Waals surface area (Å²) in [6, 6.07) is 0. The average Bonchev–Trinajstić information content (AvgIpc) is 2.89. The molecule has 0 aromatic carbocycles. The lowest BCUT2D eigenvalue weighted by Gasteiger charge is -2.06. The number of hydrogen-bond donors (Lipinski definition) is 1. The monoisotopic (exact) mass is 234 g/mol. The molecule has 92 valence electrons. The Kier molecular flexibility index (Phi) is 3.58.